The van der Waals surface area contributed by atoms with Crippen LogP contribution >= 0.6 is 0 Å². The summed E-state index contributed by atoms with van der Waals surface area (Å²) in [5.41, 5.74) is 0. The van der Waals surface area contributed by atoms with E-state index in [9.17, 15) is 9.59 Å². The fraction of sp³-hybridized carbons (Fsp3) is 0.763. The minimum absolute atomic E-state index is 0.0755. The summed E-state index contributed by atoms with van der Waals surface area (Å²) in [5, 5.41) is 0. The Labute approximate surface area is 397 Å². The molecule has 1 atom stereocenters. The highest BCUT2D eigenvalue weighted by Crippen LogP contribution is 2.15. The molecule has 0 aromatic heterocycles. The predicted molar refractivity (Wildman–Crippen MR) is 279 cm³/mol. The second-order valence-electron chi connectivity index (χ2n) is 18.1. The van der Waals surface area contributed by atoms with E-state index in [0.717, 1.165) is 83.5 Å². The lowest BCUT2D eigenvalue weighted by Crippen LogP contribution is -2.30. The van der Waals surface area contributed by atoms with Gasteiger partial charge in [0, 0.05) is 19.4 Å². The smallest absolute Gasteiger partial charge is 0.306 e. The van der Waals surface area contributed by atoms with Gasteiger partial charge in [-0.05, 0) is 89.9 Å². The van der Waals surface area contributed by atoms with Crippen LogP contribution < -0.4 is 0 Å². The average molecular weight is 893 g/mol. The van der Waals surface area contributed by atoms with Gasteiger partial charge in [0.05, 0.1) is 6.61 Å². The molecule has 0 amide bonds. The van der Waals surface area contributed by atoms with Crippen LogP contribution in [-0.4, -0.2) is 37.9 Å². The van der Waals surface area contributed by atoms with Crippen LogP contribution in [0, 0.1) is 0 Å². The van der Waals surface area contributed by atoms with Crippen molar-refractivity contribution < 1.29 is 23.8 Å². The predicted octanol–water partition coefficient (Wildman–Crippen LogP) is 18.7. The van der Waals surface area contributed by atoms with Crippen molar-refractivity contribution in [1.29, 1.82) is 0 Å². The lowest BCUT2D eigenvalue weighted by atomic mass is 10.1. The van der Waals surface area contributed by atoms with E-state index in [-0.39, 0.29) is 25.2 Å². The first-order valence-corrected chi connectivity index (χ1v) is 27.5. The van der Waals surface area contributed by atoms with Gasteiger partial charge in [-0.15, -0.1) is 0 Å². The monoisotopic (exact) mass is 893 g/mol. The molecule has 5 heteroatoms. The van der Waals surface area contributed by atoms with Crippen LogP contribution in [0.3, 0.4) is 0 Å². The van der Waals surface area contributed by atoms with Crippen LogP contribution in [0.4, 0.5) is 0 Å². The number of unbranched alkanes of at least 4 members (excludes halogenated alkanes) is 27. The molecule has 0 rings (SSSR count). The van der Waals surface area contributed by atoms with Crippen LogP contribution in [0.25, 0.3) is 0 Å². The molecule has 0 fully saturated rings. The molecule has 5 nitrogen and oxygen atoms in total. The zero-order valence-corrected chi connectivity index (χ0v) is 42.5. The molecular formula is C59H104O5. The molecule has 0 radical (unpaired) electrons. The maximum absolute atomic E-state index is 12.8. The van der Waals surface area contributed by atoms with E-state index in [4.69, 9.17) is 14.2 Å². The molecule has 64 heavy (non-hydrogen) atoms. The summed E-state index contributed by atoms with van der Waals surface area (Å²) < 4.78 is 17.4. The molecule has 0 spiro atoms. The first-order chi connectivity index (χ1) is 31.6. The normalized spacial score (nSPS) is 12.7. The molecule has 0 heterocycles. The maximum Gasteiger partial charge on any atom is 0.306 e. The van der Waals surface area contributed by atoms with Crippen LogP contribution in [0.1, 0.15) is 265 Å². The zero-order valence-electron chi connectivity index (χ0n) is 42.5. The first kappa shape index (κ1) is 61.3. The van der Waals surface area contributed by atoms with Crippen molar-refractivity contribution in [3.05, 3.63) is 72.9 Å². The lowest BCUT2D eigenvalue weighted by molar-refractivity contribution is -0.163. The molecule has 0 aliphatic rings. The van der Waals surface area contributed by atoms with E-state index in [1.807, 2.05) is 0 Å². The van der Waals surface area contributed by atoms with E-state index in [2.05, 4.69) is 93.7 Å². The number of esters is 2. The molecule has 0 N–H and O–H groups in total. The van der Waals surface area contributed by atoms with E-state index in [0.29, 0.717) is 19.4 Å². The number of rotatable bonds is 50. The van der Waals surface area contributed by atoms with Crippen molar-refractivity contribution in [2.45, 2.75) is 271 Å². The van der Waals surface area contributed by atoms with Gasteiger partial charge in [-0.1, -0.05) is 235 Å². The number of carbonyl (C=O) groups excluding carboxylic acids is 2. The van der Waals surface area contributed by atoms with Crippen molar-refractivity contribution in [2.75, 3.05) is 19.8 Å². The van der Waals surface area contributed by atoms with E-state index >= 15 is 0 Å². The van der Waals surface area contributed by atoms with E-state index < -0.39 is 6.10 Å². The molecule has 0 bridgehead atoms. The highest BCUT2D eigenvalue weighted by Gasteiger charge is 2.17. The first-order valence-electron chi connectivity index (χ1n) is 27.5. The highest BCUT2D eigenvalue weighted by molar-refractivity contribution is 5.70. The van der Waals surface area contributed by atoms with Gasteiger partial charge in [0.1, 0.15) is 6.61 Å². The van der Waals surface area contributed by atoms with Gasteiger partial charge in [0.2, 0.25) is 0 Å². The summed E-state index contributed by atoms with van der Waals surface area (Å²) in [5.74, 6) is -0.410. The summed E-state index contributed by atoms with van der Waals surface area (Å²) in [7, 11) is 0. The van der Waals surface area contributed by atoms with Crippen molar-refractivity contribution in [3.8, 4) is 0 Å². The van der Waals surface area contributed by atoms with Crippen LogP contribution in [0.5, 0.6) is 0 Å². The second kappa shape index (κ2) is 54.7. The van der Waals surface area contributed by atoms with Crippen LogP contribution in [-0.2, 0) is 23.8 Å². The SMILES string of the molecule is CC/C=C\C/C=C\C/C=C\CCCCCCCCCCOCC(COC(=O)CCCCCCCC/C=C\C/C=C\C/C=C\CCCCC)OC(=O)CCCCCCCCCCCCC. The fourth-order valence-corrected chi connectivity index (χ4v) is 7.65. The van der Waals surface area contributed by atoms with Crippen LogP contribution in [0.2, 0.25) is 0 Å². The van der Waals surface area contributed by atoms with E-state index in [1.165, 1.54) is 148 Å². The largest absolute Gasteiger partial charge is 0.462 e. The quantitative estimate of drug-likeness (QED) is 0.0346. The Morgan fingerprint density at radius 1 is 0.359 bits per heavy atom. The Balaban J connectivity index is 4.25. The maximum atomic E-state index is 12.8. The summed E-state index contributed by atoms with van der Waals surface area (Å²) in [6.07, 6.45) is 70.5. The second-order valence-corrected chi connectivity index (χ2v) is 18.1. The molecule has 0 aromatic rings. The molecule has 0 aromatic carbocycles. The molecule has 1 unspecified atom stereocenters. The van der Waals surface area contributed by atoms with Crippen molar-refractivity contribution in [2.24, 2.45) is 0 Å². The molecule has 0 saturated heterocycles. The third-order valence-corrected chi connectivity index (χ3v) is 11.7. The van der Waals surface area contributed by atoms with Gasteiger partial charge in [0.25, 0.3) is 0 Å². The van der Waals surface area contributed by atoms with Gasteiger partial charge >= 0.3 is 11.9 Å². The van der Waals surface area contributed by atoms with Gasteiger partial charge in [-0.3, -0.25) is 9.59 Å². The summed E-state index contributed by atoms with van der Waals surface area (Å²) in [6.45, 7) is 7.68. The Morgan fingerprint density at radius 3 is 1.16 bits per heavy atom. The lowest BCUT2D eigenvalue weighted by Gasteiger charge is -2.18. The van der Waals surface area contributed by atoms with Gasteiger partial charge < -0.3 is 14.2 Å². The highest BCUT2D eigenvalue weighted by atomic mass is 16.6. The molecule has 370 valence electrons. The van der Waals surface area contributed by atoms with Gasteiger partial charge in [-0.25, -0.2) is 0 Å². The topological polar surface area (TPSA) is 61.8 Å². The number of hydrogen-bond donors (Lipinski definition) is 0. The molecule has 0 aliphatic carbocycles. The molecule has 0 saturated carbocycles. The Kier molecular flexibility index (Phi) is 52.4. The molecular weight excluding hydrogens is 789 g/mol. The van der Waals surface area contributed by atoms with Crippen molar-refractivity contribution in [1.82, 2.24) is 0 Å². The van der Waals surface area contributed by atoms with Gasteiger partial charge in [0.15, 0.2) is 6.10 Å². The summed E-state index contributed by atoms with van der Waals surface area (Å²) in [4.78, 5) is 25.4. The zero-order chi connectivity index (χ0) is 46.3. The average Bonchev–Trinajstić information content (AvgIpc) is 3.30. The Bertz CT molecular complexity index is 1150. The third kappa shape index (κ3) is 52.0. The molecule has 0 aliphatic heterocycles. The summed E-state index contributed by atoms with van der Waals surface area (Å²) in [6, 6.07) is 0. The van der Waals surface area contributed by atoms with Crippen molar-refractivity contribution in [3.63, 3.8) is 0 Å². The minimum atomic E-state index is -0.546. The van der Waals surface area contributed by atoms with Gasteiger partial charge in [-0.2, -0.15) is 0 Å². The van der Waals surface area contributed by atoms with E-state index in [1.54, 1.807) is 0 Å². The number of carbonyl (C=O) groups is 2. The standard InChI is InChI=1S/C59H104O5/c1-4-7-10-13-16-19-22-24-26-28-30-31-33-35-38-40-43-46-49-52-58(60)63-56-57(64-59(61)53-50-47-44-41-37-21-18-15-12-9-6-3)55-62-54-51-48-45-42-39-36-34-32-29-27-25-23-20-17-14-11-8-5-2/h8,11,16-17,19-20,24-27,30-31,57H,4-7,9-10,12-15,18,21-23,28-29,32-56H2,1-3H3/b11-8-,19-16-,20-17-,26-24-,27-25-,31-30-. The third-order valence-electron chi connectivity index (χ3n) is 11.7. The number of ether oxygens (including phenoxy) is 3. The summed E-state index contributed by atoms with van der Waals surface area (Å²) >= 11 is 0. The Morgan fingerprint density at radius 2 is 0.703 bits per heavy atom. The van der Waals surface area contributed by atoms with Crippen molar-refractivity contribution >= 4 is 11.9 Å². The minimum Gasteiger partial charge on any atom is -0.462 e. The fourth-order valence-electron chi connectivity index (χ4n) is 7.65. The van der Waals surface area contributed by atoms with Crippen LogP contribution in [0.15, 0.2) is 72.9 Å². The number of allylic oxidation sites excluding steroid dienone is 12. The number of hydrogen-bond acceptors (Lipinski definition) is 5. The Hall–Kier alpha value is -2.66.